The van der Waals surface area contributed by atoms with Crippen molar-refractivity contribution in [2.45, 2.75) is 54.7 Å². The van der Waals surface area contributed by atoms with Gasteiger partial charge in [0.05, 0.1) is 22.6 Å². The van der Waals surface area contributed by atoms with Crippen LogP contribution in [0.2, 0.25) is 5.02 Å². The maximum absolute atomic E-state index is 13.5. The summed E-state index contributed by atoms with van der Waals surface area (Å²) in [5, 5.41) is 11.3. The molecular weight excluding hydrogens is 372 g/mol. The minimum Gasteiger partial charge on any atom is -0.388 e. The third-order valence-electron chi connectivity index (χ3n) is 5.41. The number of hydrogen-bond donors (Lipinski definition) is 1. The molecule has 5 nitrogen and oxygen atoms in total. The minimum atomic E-state index is -3.78. The Morgan fingerprint density at radius 3 is 2.50 bits per heavy atom. The molecule has 1 aliphatic carbocycles. The number of aromatic nitrogens is 1. The van der Waals surface area contributed by atoms with Crippen LogP contribution in [-0.2, 0) is 10.0 Å². The van der Waals surface area contributed by atoms with Crippen molar-refractivity contribution in [2.24, 2.45) is 0 Å². The Morgan fingerprint density at radius 1 is 1.15 bits per heavy atom. The smallest absolute Gasteiger partial charge is 0.243 e. The van der Waals surface area contributed by atoms with Gasteiger partial charge in [0.1, 0.15) is 0 Å². The van der Waals surface area contributed by atoms with Crippen LogP contribution in [-0.4, -0.2) is 34.5 Å². The number of hydrogen-bond acceptors (Lipinski definition) is 4. The van der Waals surface area contributed by atoms with Crippen molar-refractivity contribution < 1.29 is 13.5 Å². The number of halogens is 1. The summed E-state index contributed by atoms with van der Waals surface area (Å²) in [5.41, 5.74) is -0.0561. The molecule has 7 heteroatoms. The Hall–Kier alpha value is -1.47. The van der Waals surface area contributed by atoms with Crippen LogP contribution in [0.15, 0.2) is 53.7 Å². The summed E-state index contributed by atoms with van der Waals surface area (Å²) in [7, 11) is -3.78. The summed E-state index contributed by atoms with van der Waals surface area (Å²) in [6, 6.07) is 9.20. The highest BCUT2D eigenvalue weighted by atomic mass is 35.5. The van der Waals surface area contributed by atoms with E-state index in [1.54, 1.807) is 24.5 Å². The molecular formula is C19H21ClN2O3S. The molecule has 1 N–H and O–H groups in total. The number of rotatable bonds is 4. The zero-order valence-corrected chi connectivity index (χ0v) is 15.8. The van der Waals surface area contributed by atoms with Gasteiger partial charge in [-0.1, -0.05) is 17.7 Å². The van der Waals surface area contributed by atoms with Crippen molar-refractivity contribution in [2.75, 3.05) is 0 Å². The van der Waals surface area contributed by atoms with Crippen LogP contribution in [0.3, 0.4) is 0 Å². The maximum Gasteiger partial charge on any atom is 0.243 e. The average Bonchev–Trinajstić information content (AvgIpc) is 3.41. The largest absolute Gasteiger partial charge is 0.388 e. The highest BCUT2D eigenvalue weighted by molar-refractivity contribution is 7.89. The van der Waals surface area contributed by atoms with E-state index in [-0.39, 0.29) is 10.9 Å². The molecule has 2 unspecified atom stereocenters. The standard InChI is InChI=1S/C19H21ClN2O3S/c20-15-6-8-16(9-7-15)26(24,25)22-17(14-3-2-12-21-13-14)4-1-5-18(22)19(23)10-11-19/h2-3,6-9,12-13,17-18,23H,1,4-5,10-11H2. The van der Waals surface area contributed by atoms with Gasteiger partial charge in [0.25, 0.3) is 0 Å². The Bertz CT molecular complexity index is 883. The van der Waals surface area contributed by atoms with Gasteiger partial charge in [0.15, 0.2) is 0 Å². The second-order valence-electron chi connectivity index (χ2n) is 7.14. The highest BCUT2D eigenvalue weighted by Crippen LogP contribution is 2.49. The van der Waals surface area contributed by atoms with Gasteiger partial charge >= 0.3 is 0 Å². The fourth-order valence-electron chi connectivity index (χ4n) is 3.89. The quantitative estimate of drug-likeness (QED) is 0.863. The van der Waals surface area contributed by atoms with Crippen LogP contribution in [0, 0.1) is 0 Å². The molecule has 1 aromatic heterocycles. The molecule has 2 aromatic rings. The second-order valence-corrected chi connectivity index (χ2v) is 9.42. The van der Waals surface area contributed by atoms with Crippen molar-refractivity contribution in [1.29, 1.82) is 0 Å². The molecule has 0 bridgehead atoms. The zero-order chi connectivity index (χ0) is 18.4. The molecule has 0 amide bonds. The van der Waals surface area contributed by atoms with Gasteiger partial charge in [-0.25, -0.2) is 8.42 Å². The molecule has 2 aliphatic rings. The van der Waals surface area contributed by atoms with Crippen molar-refractivity contribution in [3.63, 3.8) is 0 Å². The van der Waals surface area contributed by atoms with Gasteiger partial charge in [-0.2, -0.15) is 4.31 Å². The van der Waals surface area contributed by atoms with E-state index < -0.39 is 21.7 Å². The van der Waals surface area contributed by atoms with Gasteiger partial charge < -0.3 is 5.11 Å². The van der Waals surface area contributed by atoms with E-state index in [1.807, 2.05) is 12.1 Å². The predicted molar refractivity (Wildman–Crippen MR) is 99.3 cm³/mol. The number of aliphatic hydroxyl groups is 1. The summed E-state index contributed by atoms with van der Waals surface area (Å²) >= 11 is 5.93. The van der Waals surface area contributed by atoms with Crippen molar-refractivity contribution in [3.8, 4) is 0 Å². The van der Waals surface area contributed by atoms with E-state index in [0.29, 0.717) is 30.7 Å². The summed E-state index contributed by atoms with van der Waals surface area (Å²) in [4.78, 5) is 4.36. The fourth-order valence-corrected chi connectivity index (χ4v) is 5.94. The van der Waals surface area contributed by atoms with Crippen molar-refractivity contribution in [3.05, 3.63) is 59.4 Å². The topological polar surface area (TPSA) is 70.5 Å². The highest BCUT2D eigenvalue weighted by Gasteiger charge is 2.55. The monoisotopic (exact) mass is 392 g/mol. The van der Waals surface area contributed by atoms with E-state index in [4.69, 9.17) is 11.6 Å². The van der Waals surface area contributed by atoms with Crippen LogP contribution < -0.4 is 0 Å². The van der Waals surface area contributed by atoms with E-state index in [2.05, 4.69) is 4.98 Å². The first kappa shape index (κ1) is 17.9. The number of piperidine rings is 1. The van der Waals surface area contributed by atoms with Gasteiger partial charge in [0.2, 0.25) is 10.0 Å². The SMILES string of the molecule is O=S(=O)(c1ccc(Cl)cc1)N1C(c2cccnc2)CCCC1C1(O)CC1. The number of sulfonamides is 1. The second kappa shape index (κ2) is 6.60. The van der Waals surface area contributed by atoms with Gasteiger partial charge in [-0.15, -0.1) is 0 Å². The zero-order valence-electron chi connectivity index (χ0n) is 14.3. The molecule has 4 rings (SSSR count). The fraction of sp³-hybridized carbons (Fsp3) is 0.421. The van der Waals surface area contributed by atoms with Crippen LogP contribution in [0.1, 0.15) is 43.7 Å². The lowest BCUT2D eigenvalue weighted by molar-refractivity contribution is 0.0267. The first-order valence-electron chi connectivity index (χ1n) is 8.83. The van der Waals surface area contributed by atoms with Gasteiger partial charge in [-0.05, 0) is 68.0 Å². The molecule has 0 radical (unpaired) electrons. The lowest BCUT2D eigenvalue weighted by Crippen LogP contribution is -2.52. The molecule has 138 valence electrons. The summed E-state index contributed by atoms with van der Waals surface area (Å²) in [6.07, 6.45) is 6.93. The van der Waals surface area contributed by atoms with Crippen LogP contribution in [0.4, 0.5) is 0 Å². The molecule has 1 aromatic carbocycles. The van der Waals surface area contributed by atoms with E-state index in [0.717, 1.165) is 12.0 Å². The van der Waals surface area contributed by atoms with Crippen molar-refractivity contribution >= 4 is 21.6 Å². The van der Waals surface area contributed by atoms with E-state index in [1.165, 1.54) is 16.4 Å². The third-order valence-corrected chi connectivity index (χ3v) is 7.59. The number of pyridine rings is 1. The molecule has 1 saturated heterocycles. The van der Waals surface area contributed by atoms with Crippen LogP contribution >= 0.6 is 11.6 Å². The summed E-state index contributed by atoms with van der Waals surface area (Å²) < 4.78 is 28.6. The Labute approximate surface area is 158 Å². The third kappa shape index (κ3) is 3.16. The molecule has 0 spiro atoms. The molecule has 1 saturated carbocycles. The van der Waals surface area contributed by atoms with E-state index in [9.17, 15) is 13.5 Å². The summed E-state index contributed by atoms with van der Waals surface area (Å²) in [6.45, 7) is 0. The number of nitrogens with zero attached hydrogens (tertiary/aromatic N) is 2. The van der Waals surface area contributed by atoms with Crippen LogP contribution in [0.25, 0.3) is 0 Å². The van der Waals surface area contributed by atoms with Gasteiger partial charge in [-0.3, -0.25) is 4.98 Å². The average molecular weight is 393 g/mol. The minimum absolute atomic E-state index is 0.201. The molecule has 2 atom stereocenters. The van der Waals surface area contributed by atoms with Crippen molar-refractivity contribution in [1.82, 2.24) is 9.29 Å². The first-order valence-corrected chi connectivity index (χ1v) is 10.6. The van der Waals surface area contributed by atoms with Gasteiger partial charge in [0, 0.05) is 17.4 Å². The molecule has 2 fully saturated rings. The first-order chi connectivity index (χ1) is 12.4. The Morgan fingerprint density at radius 2 is 1.88 bits per heavy atom. The normalized spacial score (nSPS) is 25.8. The summed E-state index contributed by atoms with van der Waals surface area (Å²) in [5.74, 6) is 0. The molecule has 26 heavy (non-hydrogen) atoms. The predicted octanol–water partition coefficient (Wildman–Crippen LogP) is 3.54. The Kier molecular flexibility index (Phi) is 4.55. The van der Waals surface area contributed by atoms with E-state index >= 15 is 0 Å². The van der Waals surface area contributed by atoms with Crippen LogP contribution in [0.5, 0.6) is 0 Å². The molecule has 2 heterocycles. The lowest BCUT2D eigenvalue weighted by atomic mass is 9.90. The Balaban J connectivity index is 1.81. The molecule has 1 aliphatic heterocycles. The lowest BCUT2D eigenvalue weighted by Gasteiger charge is -2.43. The number of benzene rings is 1. The maximum atomic E-state index is 13.5.